The number of nitrogens with two attached hydrogens (primary N) is 1. The molecule has 1 aromatic rings. The molecule has 1 aromatic carbocycles. The van der Waals surface area contributed by atoms with Crippen LogP contribution >= 0.6 is 0 Å². The molecule has 0 spiro atoms. The summed E-state index contributed by atoms with van der Waals surface area (Å²) in [5.41, 5.74) is 8.05. The molecule has 1 saturated carbocycles. The van der Waals surface area contributed by atoms with Crippen LogP contribution in [0.2, 0.25) is 0 Å². The van der Waals surface area contributed by atoms with E-state index < -0.39 is 0 Å². The lowest BCUT2D eigenvalue weighted by atomic mass is 9.91. The molecule has 0 atom stereocenters. The van der Waals surface area contributed by atoms with Gasteiger partial charge < -0.3 is 16.4 Å². The molecule has 0 bridgehead atoms. The van der Waals surface area contributed by atoms with Crippen LogP contribution in [-0.4, -0.2) is 23.9 Å². The number of fused-ring (bicyclic) bond motifs is 1. The fourth-order valence-electron chi connectivity index (χ4n) is 2.91. The van der Waals surface area contributed by atoms with Crippen molar-refractivity contribution in [3.63, 3.8) is 0 Å². The fraction of sp³-hybridized carbons (Fsp3) is 0.467. The first-order valence-electron chi connectivity index (χ1n) is 7.11. The Hall–Kier alpha value is -1.88. The molecule has 3 rings (SSSR count). The number of carbonyl (C=O) groups excluding carboxylic acids is 2. The molecule has 1 heterocycles. The van der Waals surface area contributed by atoms with E-state index in [4.69, 9.17) is 5.73 Å². The van der Waals surface area contributed by atoms with Crippen LogP contribution < -0.4 is 16.4 Å². The van der Waals surface area contributed by atoms with Crippen molar-refractivity contribution in [3.05, 3.63) is 34.9 Å². The monoisotopic (exact) mass is 273 g/mol. The minimum atomic E-state index is -0.0624. The van der Waals surface area contributed by atoms with Crippen LogP contribution in [0.5, 0.6) is 0 Å². The lowest BCUT2D eigenvalue weighted by Gasteiger charge is -2.26. The van der Waals surface area contributed by atoms with Crippen LogP contribution in [0, 0.1) is 0 Å². The summed E-state index contributed by atoms with van der Waals surface area (Å²) in [6.45, 7) is 0.508. The molecule has 2 amide bonds. The molecule has 1 fully saturated rings. The van der Waals surface area contributed by atoms with E-state index in [0.717, 1.165) is 31.2 Å². The molecule has 5 nitrogen and oxygen atoms in total. The second-order valence-electron chi connectivity index (χ2n) is 5.64. The molecule has 0 aromatic heterocycles. The highest BCUT2D eigenvalue weighted by atomic mass is 16.2. The van der Waals surface area contributed by atoms with Gasteiger partial charge in [-0.1, -0.05) is 0 Å². The van der Waals surface area contributed by atoms with Crippen molar-refractivity contribution in [2.24, 2.45) is 5.73 Å². The van der Waals surface area contributed by atoms with Gasteiger partial charge in [0.05, 0.1) is 0 Å². The van der Waals surface area contributed by atoms with Crippen LogP contribution in [-0.2, 0) is 6.54 Å². The number of amides is 2. The van der Waals surface area contributed by atoms with E-state index in [0.29, 0.717) is 17.7 Å². The Kier molecular flexibility index (Phi) is 3.44. The second-order valence-corrected chi connectivity index (χ2v) is 5.64. The van der Waals surface area contributed by atoms with Gasteiger partial charge in [0.1, 0.15) is 0 Å². The summed E-state index contributed by atoms with van der Waals surface area (Å²) < 4.78 is 0. The van der Waals surface area contributed by atoms with Gasteiger partial charge in [0.2, 0.25) is 0 Å². The Labute approximate surface area is 117 Å². The zero-order valence-corrected chi connectivity index (χ0v) is 11.3. The Bertz CT molecular complexity index is 548. The largest absolute Gasteiger partial charge is 0.349 e. The zero-order chi connectivity index (χ0) is 14.1. The lowest BCUT2D eigenvalue weighted by Crippen LogP contribution is -2.40. The lowest BCUT2D eigenvalue weighted by molar-refractivity contribution is 0.0923. The molecule has 1 aliphatic heterocycles. The Morgan fingerprint density at radius 1 is 1.25 bits per heavy atom. The van der Waals surface area contributed by atoms with Crippen molar-refractivity contribution in [1.29, 1.82) is 0 Å². The Morgan fingerprint density at radius 3 is 2.75 bits per heavy atom. The summed E-state index contributed by atoms with van der Waals surface area (Å²) in [6, 6.07) is 5.74. The SMILES string of the molecule is NC1CCC(NC(=O)c2ccc3c(c2)CNC3=O)CC1. The fourth-order valence-corrected chi connectivity index (χ4v) is 2.91. The van der Waals surface area contributed by atoms with Gasteiger partial charge in [-0.3, -0.25) is 9.59 Å². The van der Waals surface area contributed by atoms with Crippen molar-refractivity contribution in [2.75, 3.05) is 0 Å². The summed E-state index contributed by atoms with van der Waals surface area (Å²) in [5, 5.41) is 5.81. The van der Waals surface area contributed by atoms with Gasteiger partial charge >= 0.3 is 0 Å². The summed E-state index contributed by atoms with van der Waals surface area (Å²) in [7, 11) is 0. The van der Waals surface area contributed by atoms with Crippen LogP contribution in [0.4, 0.5) is 0 Å². The predicted octanol–water partition coefficient (Wildman–Crippen LogP) is 0.930. The molecule has 5 heteroatoms. The maximum Gasteiger partial charge on any atom is 0.251 e. The van der Waals surface area contributed by atoms with Crippen molar-refractivity contribution >= 4 is 11.8 Å². The number of hydrogen-bond acceptors (Lipinski definition) is 3. The van der Waals surface area contributed by atoms with E-state index in [2.05, 4.69) is 10.6 Å². The van der Waals surface area contributed by atoms with Gasteiger partial charge in [0, 0.05) is 29.8 Å². The molecule has 106 valence electrons. The first kappa shape index (κ1) is 13.1. The van der Waals surface area contributed by atoms with Crippen LogP contribution in [0.1, 0.15) is 52.0 Å². The number of rotatable bonds is 2. The average molecular weight is 273 g/mol. The van der Waals surface area contributed by atoms with Gasteiger partial charge in [-0.25, -0.2) is 0 Å². The van der Waals surface area contributed by atoms with Crippen molar-refractivity contribution in [2.45, 2.75) is 44.3 Å². The highest BCUT2D eigenvalue weighted by molar-refractivity contribution is 6.01. The third-order valence-corrected chi connectivity index (χ3v) is 4.16. The minimum absolute atomic E-state index is 0.0618. The summed E-state index contributed by atoms with van der Waals surface area (Å²) in [6.07, 6.45) is 3.82. The maximum atomic E-state index is 12.2. The van der Waals surface area contributed by atoms with Gasteiger partial charge in [-0.15, -0.1) is 0 Å². The van der Waals surface area contributed by atoms with Crippen LogP contribution in [0.15, 0.2) is 18.2 Å². The molecular weight excluding hydrogens is 254 g/mol. The number of hydrogen-bond donors (Lipinski definition) is 3. The summed E-state index contributed by atoms with van der Waals surface area (Å²) in [5.74, 6) is -0.124. The third kappa shape index (κ3) is 2.54. The normalized spacial score (nSPS) is 24.9. The van der Waals surface area contributed by atoms with E-state index in [1.165, 1.54) is 0 Å². The van der Waals surface area contributed by atoms with E-state index in [9.17, 15) is 9.59 Å². The maximum absolute atomic E-state index is 12.2. The molecule has 0 saturated heterocycles. The minimum Gasteiger partial charge on any atom is -0.349 e. The molecular formula is C15H19N3O2. The Morgan fingerprint density at radius 2 is 2.00 bits per heavy atom. The smallest absolute Gasteiger partial charge is 0.251 e. The predicted molar refractivity (Wildman–Crippen MR) is 75.3 cm³/mol. The third-order valence-electron chi connectivity index (χ3n) is 4.16. The van der Waals surface area contributed by atoms with Crippen molar-refractivity contribution < 1.29 is 9.59 Å². The quantitative estimate of drug-likeness (QED) is 0.749. The second kappa shape index (κ2) is 5.25. The van der Waals surface area contributed by atoms with Gasteiger partial charge in [-0.05, 0) is 49.4 Å². The molecule has 20 heavy (non-hydrogen) atoms. The molecule has 2 aliphatic rings. The first-order chi connectivity index (χ1) is 9.63. The molecule has 1 aliphatic carbocycles. The van der Waals surface area contributed by atoms with Gasteiger partial charge in [0.15, 0.2) is 0 Å². The summed E-state index contributed by atoms with van der Waals surface area (Å²) >= 11 is 0. The standard InChI is InChI=1S/C15H19N3O2/c16-11-2-4-12(5-3-11)18-14(19)9-1-6-13-10(7-9)8-17-15(13)20/h1,6-7,11-12H,2-5,8,16H2,(H,17,20)(H,18,19). The average Bonchev–Trinajstić information content (AvgIpc) is 2.82. The molecule has 4 N–H and O–H groups in total. The molecule has 0 radical (unpaired) electrons. The van der Waals surface area contributed by atoms with Crippen molar-refractivity contribution in [3.8, 4) is 0 Å². The number of benzene rings is 1. The van der Waals surface area contributed by atoms with Crippen molar-refractivity contribution in [1.82, 2.24) is 10.6 Å². The van der Waals surface area contributed by atoms with Crippen LogP contribution in [0.3, 0.4) is 0 Å². The van der Waals surface area contributed by atoms with E-state index >= 15 is 0 Å². The Balaban J connectivity index is 1.67. The summed E-state index contributed by atoms with van der Waals surface area (Å²) in [4.78, 5) is 23.7. The highest BCUT2D eigenvalue weighted by Gasteiger charge is 2.23. The molecule has 0 unspecified atom stereocenters. The van der Waals surface area contributed by atoms with E-state index in [-0.39, 0.29) is 23.9 Å². The van der Waals surface area contributed by atoms with Gasteiger partial charge in [-0.2, -0.15) is 0 Å². The first-order valence-corrected chi connectivity index (χ1v) is 7.11. The number of carbonyl (C=O) groups is 2. The van der Waals surface area contributed by atoms with Crippen LogP contribution in [0.25, 0.3) is 0 Å². The number of nitrogens with one attached hydrogen (secondary N) is 2. The topological polar surface area (TPSA) is 84.2 Å². The van der Waals surface area contributed by atoms with E-state index in [1.807, 2.05) is 0 Å². The van der Waals surface area contributed by atoms with Gasteiger partial charge in [0.25, 0.3) is 11.8 Å². The zero-order valence-electron chi connectivity index (χ0n) is 11.3. The van der Waals surface area contributed by atoms with E-state index in [1.54, 1.807) is 18.2 Å². The highest BCUT2D eigenvalue weighted by Crippen LogP contribution is 2.19.